The Hall–Kier alpha value is -0.0400. The van der Waals surface area contributed by atoms with Crippen molar-refractivity contribution in [3.05, 3.63) is 0 Å². The first-order valence-electron chi connectivity index (χ1n) is 2.97. The van der Waals surface area contributed by atoms with Crippen molar-refractivity contribution in [3.8, 4) is 0 Å². The van der Waals surface area contributed by atoms with E-state index in [2.05, 4.69) is 6.92 Å². The van der Waals surface area contributed by atoms with Crippen molar-refractivity contribution in [1.29, 1.82) is 0 Å². The molecule has 1 rings (SSSR count). The SMILES string of the molecule is C[C@H]1CC[C@@H](O)C1. The van der Waals surface area contributed by atoms with Crippen LogP contribution in [0.1, 0.15) is 26.2 Å². The maximum absolute atomic E-state index is 8.90. The van der Waals surface area contributed by atoms with Crippen molar-refractivity contribution in [3.63, 3.8) is 0 Å². The van der Waals surface area contributed by atoms with Gasteiger partial charge in [0.25, 0.3) is 0 Å². The summed E-state index contributed by atoms with van der Waals surface area (Å²) in [6.45, 7) is 2.19. The molecule has 1 fully saturated rings. The Labute approximate surface area is 44.4 Å². The van der Waals surface area contributed by atoms with Crippen LogP contribution in [0.2, 0.25) is 0 Å². The molecule has 0 heterocycles. The third-order valence-corrected chi connectivity index (χ3v) is 1.67. The lowest BCUT2D eigenvalue weighted by atomic mass is 10.1. The van der Waals surface area contributed by atoms with Crippen molar-refractivity contribution in [1.82, 2.24) is 0 Å². The minimum atomic E-state index is 0.0231. The molecule has 0 aromatic rings. The molecule has 7 heavy (non-hydrogen) atoms. The largest absolute Gasteiger partial charge is 0.393 e. The van der Waals surface area contributed by atoms with Crippen molar-refractivity contribution >= 4 is 0 Å². The van der Waals surface area contributed by atoms with E-state index in [1.54, 1.807) is 0 Å². The normalized spacial score (nSPS) is 42.0. The van der Waals surface area contributed by atoms with Gasteiger partial charge in [0.1, 0.15) is 0 Å². The second-order valence-electron chi connectivity index (χ2n) is 2.57. The molecule has 1 N–H and O–H groups in total. The van der Waals surface area contributed by atoms with Crippen LogP contribution in [0.25, 0.3) is 0 Å². The van der Waals surface area contributed by atoms with E-state index >= 15 is 0 Å². The lowest BCUT2D eigenvalue weighted by molar-refractivity contribution is 0.179. The summed E-state index contributed by atoms with van der Waals surface area (Å²) in [6, 6.07) is 0. The van der Waals surface area contributed by atoms with Gasteiger partial charge in [-0.25, -0.2) is 0 Å². The van der Waals surface area contributed by atoms with Crippen molar-refractivity contribution in [2.24, 2.45) is 5.92 Å². The molecule has 42 valence electrons. The summed E-state index contributed by atoms with van der Waals surface area (Å²) < 4.78 is 0. The first kappa shape index (κ1) is 5.10. The predicted molar refractivity (Wildman–Crippen MR) is 29.0 cm³/mol. The molecule has 0 spiro atoms. The highest BCUT2D eigenvalue weighted by molar-refractivity contribution is 4.70. The lowest BCUT2D eigenvalue weighted by Crippen LogP contribution is -1.97. The highest BCUT2D eigenvalue weighted by atomic mass is 16.3. The van der Waals surface area contributed by atoms with E-state index in [4.69, 9.17) is 5.11 Å². The van der Waals surface area contributed by atoms with E-state index in [0.717, 1.165) is 18.8 Å². The molecule has 0 saturated heterocycles. The second kappa shape index (κ2) is 1.83. The molecular weight excluding hydrogens is 88.1 g/mol. The fraction of sp³-hybridized carbons (Fsp3) is 1.00. The van der Waals surface area contributed by atoms with Crippen molar-refractivity contribution in [2.75, 3.05) is 0 Å². The van der Waals surface area contributed by atoms with Crippen LogP contribution in [-0.4, -0.2) is 11.2 Å². The van der Waals surface area contributed by atoms with E-state index in [1.165, 1.54) is 6.42 Å². The summed E-state index contributed by atoms with van der Waals surface area (Å²) in [7, 11) is 0. The third-order valence-electron chi connectivity index (χ3n) is 1.67. The van der Waals surface area contributed by atoms with Gasteiger partial charge in [-0.2, -0.15) is 0 Å². The van der Waals surface area contributed by atoms with Gasteiger partial charge < -0.3 is 5.11 Å². The summed E-state index contributed by atoms with van der Waals surface area (Å²) in [5, 5.41) is 8.90. The van der Waals surface area contributed by atoms with Gasteiger partial charge in [0.05, 0.1) is 6.10 Å². The first-order chi connectivity index (χ1) is 3.29. The van der Waals surface area contributed by atoms with Crippen molar-refractivity contribution in [2.45, 2.75) is 32.3 Å². The quantitative estimate of drug-likeness (QED) is 0.484. The van der Waals surface area contributed by atoms with Gasteiger partial charge in [0.2, 0.25) is 0 Å². The number of aliphatic hydroxyl groups excluding tert-OH is 1. The van der Waals surface area contributed by atoms with Crippen LogP contribution in [0, 0.1) is 5.92 Å². The van der Waals surface area contributed by atoms with Gasteiger partial charge in [-0.05, 0) is 25.2 Å². The minimum absolute atomic E-state index is 0.0231. The van der Waals surface area contributed by atoms with E-state index in [1.807, 2.05) is 0 Å². The fourth-order valence-electron chi connectivity index (χ4n) is 1.18. The molecule has 0 aliphatic heterocycles. The summed E-state index contributed by atoms with van der Waals surface area (Å²) in [6.07, 6.45) is 3.30. The molecule has 0 amide bonds. The third kappa shape index (κ3) is 1.16. The summed E-state index contributed by atoms with van der Waals surface area (Å²) in [5.41, 5.74) is 0. The van der Waals surface area contributed by atoms with Crippen LogP contribution < -0.4 is 0 Å². The standard InChI is InChI=1S/C6H12O/c1-5-2-3-6(7)4-5/h5-7H,2-4H2,1H3/t5-,6+/m0/s1. The topological polar surface area (TPSA) is 20.2 Å². The molecule has 0 aromatic heterocycles. The zero-order valence-electron chi connectivity index (χ0n) is 4.72. The molecule has 2 atom stereocenters. The van der Waals surface area contributed by atoms with Gasteiger partial charge in [-0.3, -0.25) is 0 Å². The molecule has 0 unspecified atom stereocenters. The smallest absolute Gasteiger partial charge is 0.0542 e. The van der Waals surface area contributed by atoms with Crippen LogP contribution in [0.5, 0.6) is 0 Å². The molecule has 1 heteroatoms. The molecular formula is C6H12O. The predicted octanol–water partition coefficient (Wildman–Crippen LogP) is 1.17. The summed E-state index contributed by atoms with van der Waals surface area (Å²) >= 11 is 0. The highest BCUT2D eigenvalue weighted by Gasteiger charge is 2.17. The maximum atomic E-state index is 8.90. The number of rotatable bonds is 0. The van der Waals surface area contributed by atoms with E-state index in [-0.39, 0.29) is 6.10 Å². The first-order valence-corrected chi connectivity index (χ1v) is 2.97. The van der Waals surface area contributed by atoms with Crippen molar-refractivity contribution < 1.29 is 5.11 Å². The van der Waals surface area contributed by atoms with Crippen LogP contribution in [0.4, 0.5) is 0 Å². The Kier molecular flexibility index (Phi) is 1.33. The average molecular weight is 100 g/mol. The van der Waals surface area contributed by atoms with Crippen LogP contribution in [0.15, 0.2) is 0 Å². The second-order valence-corrected chi connectivity index (χ2v) is 2.57. The van der Waals surface area contributed by atoms with Crippen LogP contribution >= 0.6 is 0 Å². The molecule has 1 nitrogen and oxygen atoms in total. The van der Waals surface area contributed by atoms with Crippen LogP contribution in [0.3, 0.4) is 0 Å². The monoisotopic (exact) mass is 100 g/mol. The Bertz CT molecular complexity index is 53.2. The van der Waals surface area contributed by atoms with Gasteiger partial charge in [-0.1, -0.05) is 6.92 Å². The Morgan fingerprint density at radius 2 is 2.14 bits per heavy atom. The lowest BCUT2D eigenvalue weighted by Gasteiger charge is -1.95. The van der Waals surface area contributed by atoms with E-state index < -0.39 is 0 Å². The zero-order valence-corrected chi connectivity index (χ0v) is 4.72. The highest BCUT2D eigenvalue weighted by Crippen LogP contribution is 2.23. The minimum Gasteiger partial charge on any atom is -0.393 e. The Balaban J connectivity index is 2.26. The fourth-order valence-corrected chi connectivity index (χ4v) is 1.18. The number of aliphatic hydroxyl groups is 1. The summed E-state index contributed by atoms with van der Waals surface area (Å²) in [4.78, 5) is 0. The van der Waals surface area contributed by atoms with Gasteiger partial charge in [-0.15, -0.1) is 0 Å². The Morgan fingerprint density at radius 1 is 1.43 bits per heavy atom. The van der Waals surface area contributed by atoms with E-state index in [0.29, 0.717) is 0 Å². The average Bonchev–Trinajstić information content (AvgIpc) is 1.87. The van der Waals surface area contributed by atoms with Crippen LogP contribution in [-0.2, 0) is 0 Å². The summed E-state index contributed by atoms with van der Waals surface area (Å²) in [5.74, 6) is 0.773. The molecule has 0 bridgehead atoms. The molecule has 1 aliphatic carbocycles. The van der Waals surface area contributed by atoms with Gasteiger partial charge in [0.15, 0.2) is 0 Å². The zero-order chi connectivity index (χ0) is 5.28. The molecule has 0 aromatic carbocycles. The molecule has 0 radical (unpaired) electrons. The van der Waals surface area contributed by atoms with Gasteiger partial charge >= 0.3 is 0 Å². The van der Waals surface area contributed by atoms with E-state index in [9.17, 15) is 0 Å². The van der Waals surface area contributed by atoms with Gasteiger partial charge in [0, 0.05) is 0 Å². The molecule has 1 aliphatic rings. The Morgan fingerprint density at radius 3 is 2.29 bits per heavy atom. The number of hydrogen-bond acceptors (Lipinski definition) is 1. The number of hydrogen-bond donors (Lipinski definition) is 1. The molecule has 1 saturated carbocycles. The maximum Gasteiger partial charge on any atom is 0.0542 e.